The number of nitrogens with zero attached hydrogens (tertiary/aromatic N) is 1. The minimum absolute atomic E-state index is 0. The molecule has 0 radical (unpaired) electrons. The van der Waals surface area contributed by atoms with Crippen LogP contribution in [0.1, 0.15) is 38.5 Å². The lowest BCUT2D eigenvalue weighted by Gasteiger charge is -2.23. The molecule has 1 saturated carbocycles. The molecule has 1 aliphatic carbocycles. The number of alkyl halides is 3. The van der Waals surface area contributed by atoms with E-state index in [2.05, 4.69) is 20.9 Å². The Hall–Kier alpha value is -0.740. The Morgan fingerprint density at radius 3 is 2.36 bits per heavy atom. The number of halogens is 4. The summed E-state index contributed by atoms with van der Waals surface area (Å²) in [5.41, 5.74) is 0. The molecular weight excluding hydrogens is 412 g/mol. The van der Waals surface area contributed by atoms with Gasteiger partial charge in [0.05, 0.1) is 13.0 Å². The highest BCUT2D eigenvalue weighted by atomic mass is 127. The highest BCUT2D eigenvalue weighted by Gasteiger charge is 2.26. The normalized spacial score (nSPS) is 16.6. The van der Waals surface area contributed by atoms with Crippen molar-refractivity contribution in [1.29, 1.82) is 0 Å². The van der Waals surface area contributed by atoms with Gasteiger partial charge in [0, 0.05) is 19.6 Å². The van der Waals surface area contributed by atoms with E-state index in [0.29, 0.717) is 0 Å². The second-order valence-electron chi connectivity index (χ2n) is 5.12. The fourth-order valence-electron chi connectivity index (χ4n) is 2.23. The van der Waals surface area contributed by atoms with Gasteiger partial charge >= 0.3 is 6.18 Å². The first-order chi connectivity index (χ1) is 9.90. The van der Waals surface area contributed by atoms with Crippen LogP contribution in [0.25, 0.3) is 0 Å². The third kappa shape index (κ3) is 10.1. The number of nitrogens with one attached hydrogen (secondary N) is 3. The quantitative estimate of drug-likeness (QED) is 0.352. The van der Waals surface area contributed by atoms with Gasteiger partial charge < -0.3 is 16.0 Å². The summed E-state index contributed by atoms with van der Waals surface area (Å²) in [5, 5.41) is 8.14. The van der Waals surface area contributed by atoms with Crippen molar-refractivity contribution in [1.82, 2.24) is 16.0 Å². The summed E-state index contributed by atoms with van der Waals surface area (Å²) in [4.78, 5) is 15.5. The van der Waals surface area contributed by atoms with E-state index in [-0.39, 0.29) is 55.0 Å². The zero-order valence-corrected chi connectivity index (χ0v) is 15.0. The zero-order chi connectivity index (χ0) is 15.7. The van der Waals surface area contributed by atoms with E-state index in [1.54, 1.807) is 0 Å². The minimum atomic E-state index is -4.20. The number of guanidine groups is 1. The van der Waals surface area contributed by atoms with E-state index in [4.69, 9.17) is 0 Å². The van der Waals surface area contributed by atoms with Gasteiger partial charge in [-0.1, -0.05) is 19.3 Å². The summed E-state index contributed by atoms with van der Waals surface area (Å²) in [7, 11) is 1.45. The van der Waals surface area contributed by atoms with Crippen molar-refractivity contribution in [2.75, 3.05) is 20.1 Å². The molecule has 0 aromatic heterocycles. The fraction of sp³-hybridized carbons (Fsp3) is 0.846. The molecule has 1 amide bonds. The molecule has 5 nitrogen and oxygen atoms in total. The molecule has 0 spiro atoms. The van der Waals surface area contributed by atoms with Crippen LogP contribution < -0.4 is 16.0 Å². The van der Waals surface area contributed by atoms with Crippen molar-refractivity contribution < 1.29 is 18.0 Å². The summed E-state index contributed by atoms with van der Waals surface area (Å²) in [6, 6.07) is 0.216. The smallest absolute Gasteiger partial charge is 0.356 e. The predicted octanol–water partition coefficient (Wildman–Crippen LogP) is 2.17. The first-order valence-electron chi connectivity index (χ1n) is 7.21. The predicted molar refractivity (Wildman–Crippen MR) is 90.5 cm³/mol. The molecule has 9 heteroatoms. The Bertz CT molecular complexity index is 358. The lowest BCUT2D eigenvalue weighted by molar-refractivity contribution is -0.132. The van der Waals surface area contributed by atoms with Crippen molar-refractivity contribution in [2.24, 2.45) is 4.99 Å². The minimum Gasteiger partial charge on any atom is -0.356 e. The molecule has 1 rings (SSSR count). The number of hydrogen-bond acceptors (Lipinski definition) is 2. The van der Waals surface area contributed by atoms with Crippen molar-refractivity contribution in [3.8, 4) is 0 Å². The third-order valence-corrected chi connectivity index (χ3v) is 3.31. The molecule has 0 atom stereocenters. The second kappa shape index (κ2) is 10.9. The molecule has 1 fully saturated rings. The molecule has 0 unspecified atom stereocenters. The Labute approximate surface area is 145 Å². The molecular formula is C13H24F3IN4O. The monoisotopic (exact) mass is 436 g/mol. The number of rotatable bonds is 5. The summed E-state index contributed by atoms with van der Waals surface area (Å²) < 4.78 is 36.1. The molecule has 22 heavy (non-hydrogen) atoms. The SMILES string of the molecule is CN=C(NCCC(F)(F)F)NCC(=O)NC1CCCCC1.I. The van der Waals surface area contributed by atoms with Gasteiger partial charge in [0.2, 0.25) is 5.91 Å². The van der Waals surface area contributed by atoms with Crippen LogP contribution in [0.5, 0.6) is 0 Å². The van der Waals surface area contributed by atoms with Gasteiger partial charge in [-0.3, -0.25) is 9.79 Å². The molecule has 0 bridgehead atoms. The van der Waals surface area contributed by atoms with Gasteiger partial charge in [-0.25, -0.2) is 0 Å². The Morgan fingerprint density at radius 2 is 1.82 bits per heavy atom. The summed E-state index contributed by atoms with van der Waals surface area (Å²) in [6.45, 7) is -0.268. The van der Waals surface area contributed by atoms with Crippen molar-refractivity contribution in [3.05, 3.63) is 0 Å². The van der Waals surface area contributed by atoms with Crippen LogP contribution in [0.4, 0.5) is 13.2 Å². The average Bonchev–Trinajstić information content (AvgIpc) is 2.42. The fourth-order valence-corrected chi connectivity index (χ4v) is 2.23. The van der Waals surface area contributed by atoms with E-state index in [0.717, 1.165) is 25.7 Å². The van der Waals surface area contributed by atoms with E-state index in [9.17, 15) is 18.0 Å². The van der Waals surface area contributed by atoms with Crippen LogP contribution in [0.3, 0.4) is 0 Å². The van der Waals surface area contributed by atoms with Crippen LogP contribution in [0.2, 0.25) is 0 Å². The molecule has 3 N–H and O–H groups in total. The van der Waals surface area contributed by atoms with E-state index in [1.807, 2.05) is 0 Å². The number of aliphatic imine (C=N–C) groups is 1. The Morgan fingerprint density at radius 1 is 1.18 bits per heavy atom. The first-order valence-corrected chi connectivity index (χ1v) is 7.21. The first kappa shape index (κ1) is 21.3. The van der Waals surface area contributed by atoms with Gasteiger partial charge in [0.25, 0.3) is 0 Å². The van der Waals surface area contributed by atoms with Gasteiger partial charge in [-0.2, -0.15) is 13.2 Å². The summed E-state index contributed by atoms with van der Waals surface area (Å²) >= 11 is 0. The lowest BCUT2D eigenvalue weighted by atomic mass is 9.95. The molecule has 0 aromatic carbocycles. The van der Waals surface area contributed by atoms with Gasteiger partial charge in [-0.15, -0.1) is 24.0 Å². The summed E-state index contributed by atoms with van der Waals surface area (Å²) in [6.07, 6.45) is 0.291. The zero-order valence-electron chi connectivity index (χ0n) is 12.6. The van der Waals surface area contributed by atoms with E-state index < -0.39 is 12.6 Å². The van der Waals surface area contributed by atoms with E-state index in [1.165, 1.54) is 13.5 Å². The third-order valence-electron chi connectivity index (χ3n) is 3.31. The standard InChI is InChI=1S/C13H23F3N4O.HI/c1-17-12(18-8-7-13(14,15)16)19-9-11(21)20-10-5-3-2-4-6-10;/h10H,2-9H2,1H3,(H,20,21)(H2,17,18,19);1H. The molecule has 0 aromatic rings. The lowest BCUT2D eigenvalue weighted by Crippen LogP contribution is -2.46. The maximum atomic E-state index is 12.0. The number of hydrogen-bond donors (Lipinski definition) is 3. The molecule has 0 saturated heterocycles. The maximum Gasteiger partial charge on any atom is 0.390 e. The topological polar surface area (TPSA) is 65.5 Å². The molecule has 0 aliphatic heterocycles. The van der Waals surface area contributed by atoms with Crippen LogP contribution in [0, 0.1) is 0 Å². The Kier molecular flexibility index (Phi) is 10.5. The summed E-state index contributed by atoms with van der Waals surface area (Å²) in [5.74, 6) is 0.0266. The van der Waals surface area contributed by atoms with Crippen LogP contribution in [-0.2, 0) is 4.79 Å². The second-order valence-corrected chi connectivity index (χ2v) is 5.12. The molecule has 1 aliphatic rings. The highest BCUT2D eigenvalue weighted by Crippen LogP contribution is 2.18. The molecule has 0 heterocycles. The van der Waals surface area contributed by atoms with Crippen molar-refractivity contribution >= 4 is 35.8 Å². The highest BCUT2D eigenvalue weighted by molar-refractivity contribution is 14.0. The van der Waals surface area contributed by atoms with Crippen LogP contribution >= 0.6 is 24.0 Å². The van der Waals surface area contributed by atoms with Gasteiger partial charge in [0.1, 0.15) is 0 Å². The van der Waals surface area contributed by atoms with Crippen molar-refractivity contribution in [2.45, 2.75) is 50.7 Å². The largest absolute Gasteiger partial charge is 0.390 e. The van der Waals surface area contributed by atoms with Gasteiger partial charge in [-0.05, 0) is 12.8 Å². The van der Waals surface area contributed by atoms with Crippen LogP contribution in [-0.4, -0.2) is 44.2 Å². The van der Waals surface area contributed by atoms with E-state index >= 15 is 0 Å². The van der Waals surface area contributed by atoms with Gasteiger partial charge in [0.15, 0.2) is 5.96 Å². The number of carbonyl (C=O) groups is 1. The van der Waals surface area contributed by atoms with Crippen LogP contribution in [0.15, 0.2) is 4.99 Å². The average molecular weight is 436 g/mol. The van der Waals surface area contributed by atoms with Crippen molar-refractivity contribution in [3.63, 3.8) is 0 Å². The maximum absolute atomic E-state index is 12.0. The molecule has 130 valence electrons. The number of amides is 1. The number of carbonyl (C=O) groups excluding carboxylic acids is 1. The Balaban J connectivity index is 0.00000441.